The van der Waals surface area contributed by atoms with Gasteiger partial charge in [0.15, 0.2) is 0 Å². The molecule has 2 heteroatoms. The van der Waals surface area contributed by atoms with E-state index in [1.54, 1.807) is 0 Å². The van der Waals surface area contributed by atoms with Crippen LogP contribution in [0, 0.1) is 5.92 Å². The minimum Gasteiger partial charge on any atom is -0.301 e. The van der Waals surface area contributed by atoms with Crippen LogP contribution in [0.25, 0.3) is 6.08 Å². The van der Waals surface area contributed by atoms with Crippen LogP contribution in [0.4, 0.5) is 0 Å². The second-order valence-corrected chi connectivity index (χ2v) is 6.18. The first-order valence-electron chi connectivity index (χ1n) is 8.58. The van der Waals surface area contributed by atoms with Gasteiger partial charge in [-0.25, -0.2) is 0 Å². The van der Waals surface area contributed by atoms with E-state index in [9.17, 15) is 0 Å². The first-order valence-corrected chi connectivity index (χ1v) is 8.58. The fourth-order valence-electron chi connectivity index (χ4n) is 3.24. The predicted octanol–water partition coefficient (Wildman–Crippen LogP) is 5.06. The molecule has 0 bridgehead atoms. The second-order valence-electron chi connectivity index (χ2n) is 6.18. The van der Waals surface area contributed by atoms with E-state index in [-0.39, 0.29) is 12.0 Å². The van der Waals surface area contributed by atoms with Gasteiger partial charge in [-0.2, -0.15) is 5.10 Å². The molecule has 122 valence electrons. The van der Waals surface area contributed by atoms with Crippen molar-refractivity contribution in [3.63, 3.8) is 0 Å². The van der Waals surface area contributed by atoms with Crippen molar-refractivity contribution in [3.05, 3.63) is 114 Å². The molecule has 4 rings (SSSR count). The highest BCUT2D eigenvalue weighted by Gasteiger charge is 2.31. The third-order valence-electron chi connectivity index (χ3n) is 4.52. The first kappa shape index (κ1) is 15.4. The van der Waals surface area contributed by atoms with E-state index in [1.807, 2.05) is 18.2 Å². The Labute approximate surface area is 148 Å². The molecule has 0 fully saturated rings. The minimum atomic E-state index is 0.149. The molecule has 0 aromatic heterocycles. The third kappa shape index (κ3) is 3.38. The Hall–Kier alpha value is -3.13. The van der Waals surface area contributed by atoms with Crippen molar-refractivity contribution in [2.24, 2.45) is 11.0 Å². The third-order valence-corrected chi connectivity index (χ3v) is 4.52. The number of hydrazone groups is 1. The van der Waals surface area contributed by atoms with Crippen molar-refractivity contribution >= 4 is 11.8 Å². The molecule has 0 amide bonds. The van der Waals surface area contributed by atoms with Gasteiger partial charge in [0, 0.05) is 5.92 Å². The number of benzene rings is 3. The van der Waals surface area contributed by atoms with Crippen LogP contribution < -0.4 is 5.43 Å². The summed E-state index contributed by atoms with van der Waals surface area (Å²) >= 11 is 0. The Bertz CT molecular complexity index is 868. The van der Waals surface area contributed by atoms with Gasteiger partial charge in [0.2, 0.25) is 0 Å². The lowest BCUT2D eigenvalue weighted by Crippen LogP contribution is -2.20. The molecule has 0 spiro atoms. The maximum atomic E-state index is 4.67. The van der Waals surface area contributed by atoms with Crippen molar-refractivity contribution < 1.29 is 0 Å². The number of hydrogen-bond donors (Lipinski definition) is 1. The summed E-state index contributed by atoms with van der Waals surface area (Å²) in [5.74, 6) is 0.185. The molecule has 1 N–H and O–H groups in total. The van der Waals surface area contributed by atoms with Crippen molar-refractivity contribution in [2.45, 2.75) is 6.04 Å². The van der Waals surface area contributed by atoms with Crippen LogP contribution in [-0.4, -0.2) is 5.71 Å². The van der Waals surface area contributed by atoms with E-state index in [2.05, 4.69) is 95.5 Å². The average Bonchev–Trinajstić information content (AvgIpc) is 3.12. The van der Waals surface area contributed by atoms with E-state index >= 15 is 0 Å². The average molecular weight is 324 g/mol. The topological polar surface area (TPSA) is 24.4 Å². The van der Waals surface area contributed by atoms with Crippen LogP contribution in [0.5, 0.6) is 0 Å². The Morgan fingerprint density at radius 2 is 1.32 bits per heavy atom. The summed E-state index contributed by atoms with van der Waals surface area (Å²) < 4.78 is 0. The van der Waals surface area contributed by atoms with Gasteiger partial charge in [-0.05, 0) is 16.7 Å². The lowest BCUT2D eigenvalue weighted by molar-refractivity contribution is 0.557. The molecular formula is C23H20N2. The summed E-state index contributed by atoms with van der Waals surface area (Å²) in [4.78, 5) is 0. The molecule has 1 aliphatic heterocycles. The number of rotatable bonds is 4. The highest BCUT2D eigenvalue weighted by molar-refractivity contribution is 6.05. The van der Waals surface area contributed by atoms with Gasteiger partial charge in [0.1, 0.15) is 0 Å². The number of nitrogens with one attached hydrogen (secondary N) is 1. The highest BCUT2D eigenvalue weighted by Crippen LogP contribution is 2.32. The Balaban J connectivity index is 1.69. The summed E-state index contributed by atoms with van der Waals surface area (Å²) in [6.45, 7) is 0. The van der Waals surface area contributed by atoms with Crippen LogP contribution in [0.3, 0.4) is 0 Å². The van der Waals surface area contributed by atoms with Crippen molar-refractivity contribution in [2.75, 3.05) is 0 Å². The van der Waals surface area contributed by atoms with Gasteiger partial charge in [-0.3, -0.25) is 0 Å². The SMILES string of the molecule is C(=C\[C@H]1C(c2ccccc2)=NN[C@H]1c1ccccc1)/c1ccccc1. The molecule has 25 heavy (non-hydrogen) atoms. The molecule has 3 aromatic rings. The zero-order valence-corrected chi connectivity index (χ0v) is 13.9. The summed E-state index contributed by atoms with van der Waals surface area (Å²) in [6, 6.07) is 31.5. The molecule has 0 unspecified atom stereocenters. The predicted molar refractivity (Wildman–Crippen MR) is 104 cm³/mol. The Morgan fingerprint density at radius 1 is 0.720 bits per heavy atom. The maximum absolute atomic E-state index is 4.67. The summed E-state index contributed by atoms with van der Waals surface area (Å²) in [6.07, 6.45) is 4.45. The van der Waals surface area contributed by atoms with E-state index < -0.39 is 0 Å². The van der Waals surface area contributed by atoms with Crippen LogP contribution in [0.15, 0.2) is 102 Å². The van der Waals surface area contributed by atoms with Crippen LogP contribution in [-0.2, 0) is 0 Å². The van der Waals surface area contributed by atoms with Crippen LogP contribution >= 0.6 is 0 Å². The lowest BCUT2D eigenvalue weighted by atomic mass is 9.87. The standard InChI is InChI=1S/C23H20N2/c1-4-10-18(11-5-1)16-17-21-22(19-12-6-2-7-13-19)24-25-23(21)20-14-8-3-9-15-20/h1-17,21-22,24H/b17-16+/t21-,22+/m1/s1. The zero-order chi connectivity index (χ0) is 16.9. The van der Waals surface area contributed by atoms with E-state index in [4.69, 9.17) is 0 Å². The fraction of sp³-hybridized carbons (Fsp3) is 0.0870. The molecule has 0 radical (unpaired) electrons. The molecule has 2 nitrogen and oxygen atoms in total. The second kappa shape index (κ2) is 7.18. The van der Waals surface area contributed by atoms with E-state index in [1.165, 1.54) is 11.1 Å². The molecule has 1 aliphatic rings. The highest BCUT2D eigenvalue weighted by atomic mass is 15.3. The van der Waals surface area contributed by atoms with Crippen LogP contribution in [0.1, 0.15) is 22.7 Å². The largest absolute Gasteiger partial charge is 0.301 e. The zero-order valence-electron chi connectivity index (χ0n) is 13.9. The van der Waals surface area contributed by atoms with Gasteiger partial charge in [-0.15, -0.1) is 0 Å². The lowest BCUT2D eigenvalue weighted by Gasteiger charge is -2.18. The number of hydrogen-bond acceptors (Lipinski definition) is 2. The van der Waals surface area contributed by atoms with Gasteiger partial charge >= 0.3 is 0 Å². The summed E-state index contributed by atoms with van der Waals surface area (Å²) in [5.41, 5.74) is 8.04. The molecule has 2 atom stereocenters. The van der Waals surface area contributed by atoms with Crippen molar-refractivity contribution in [3.8, 4) is 0 Å². The smallest absolute Gasteiger partial charge is 0.0808 e. The maximum Gasteiger partial charge on any atom is 0.0808 e. The van der Waals surface area contributed by atoms with E-state index in [0.717, 1.165) is 11.3 Å². The number of nitrogens with zero attached hydrogens (tertiary/aromatic N) is 1. The molecule has 3 aromatic carbocycles. The van der Waals surface area contributed by atoms with E-state index in [0.29, 0.717) is 0 Å². The monoisotopic (exact) mass is 324 g/mol. The van der Waals surface area contributed by atoms with Crippen molar-refractivity contribution in [1.82, 2.24) is 5.43 Å². The Kier molecular flexibility index (Phi) is 4.42. The van der Waals surface area contributed by atoms with Crippen molar-refractivity contribution in [1.29, 1.82) is 0 Å². The molecular weight excluding hydrogens is 304 g/mol. The quantitative estimate of drug-likeness (QED) is 0.712. The summed E-state index contributed by atoms with van der Waals surface area (Å²) in [7, 11) is 0. The Morgan fingerprint density at radius 3 is 2.00 bits per heavy atom. The fourth-order valence-corrected chi connectivity index (χ4v) is 3.24. The molecule has 0 saturated heterocycles. The normalized spacial score (nSPS) is 19.6. The molecule has 0 saturated carbocycles. The van der Waals surface area contributed by atoms with Gasteiger partial charge in [0.05, 0.1) is 11.8 Å². The molecule has 1 heterocycles. The van der Waals surface area contributed by atoms with Gasteiger partial charge in [0.25, 0.3) is 0 Å². The molecule has 0 aliphatic carbocycles. The minimum absolute atomic E-state index is 0.149. The first-order chi connectivity index (χ1) is 12.4. The summed E-state index contributed by atoms with van der Waals surface area (Å²) in [5, 5.41) is 4.67. The van der Waals surface area contributed by atoms with Gasteiger partial charge in [-0.1, -0.05) is 103 Å². The van der Waals surface area contributed by atoms with Gasteiger partial charge < -0.3 is 5.43 Å². The van der Waals surface area contributed by atoms with Crippen LogP contribution in [0.2, 0.25) is 0 Å².